The predicted molar refractivity (Wildman–Crippen MR) is 74.8 cm³/mol. The van der Waals surface area contributed by atoms with Crippen LogP contribution in [-0.4, -0.2) is 49.6 Å². The first-order valence-electron chi connectivity index (χ1n) is 6.17. The van der Waals surface area contributed by atoms with Crippen LogP contribution in [0.1, 0.15) is 28.6 Å². The summed E-state index contributed by atoms with van der Waals surface area (Å²) >= 11 is 0.935. The molecule has 2 rings (SSSR count). The molecule has 1 aromatic heterocycles. The van der Waals surface area contributed by atoms with E-state index in [1.165, 1.54) is 11.4 Å². The molecule has 2 unspecified atom stereocenters. The summed E-state index contributed by atoms with van der Waals surface area (Å²) in [5, 5.41) is 10.7. The molecule has 0 saturated carbocycles. The fraction of sp³-hybridized carbons (Fsp3) is 0.583. The maximum atomic E-state index is 12.7. The van der Waals surface area contributed by atoms with Gasteiger partial charge in [0.2, 0.25) is 10.0 Å². The number of sulfonamides is 1. The maximum Gasteiger partial charge on any atom is 0.347 e. The van der Waals surface area contributed by atoms with Crippen LogP contribution in [-0.2, 0) is 14.8 Å². The third-order valence-electron chi connectivity index (χ3n) is 3.55. The van der Waals surface area contributed by atoms with Crippen molar-refractivity contribution in [1.29, 1.82) is 0 Å². The molecule has 0 aromatic carbocycles. The molecule has 0 radical (unpaired) electrons. The van der Waals surface area contributed by atoms with Gasteiger partial charge in [-0.1, -0.05) is 0 Å². The third-order valence-corrected chi connectivity index (χ3v) is 6.84. The predicted octanol–water partition coefficient (Wildman–Crippen LogP) is 1.55. The zero-order valence-corrected chi connectivity index (χ0v) is 13.1. The van der Waals surface area contributed by atoms with Crippen LogP contribution in [0.25, 0.3) is 0 Å². The third kappa shape index (κ3) is 2.48. The number of thiophene rings is 1. The summed E-state index contributed by atoms with van der Waals surface area (Å²) in [4.78, 5) is 11.0. The molecular weight excluding hydrogens is 302 g/mol. The van der Waals surface area contributed by atoms with Crippen molar-refractivity contribution in [2.24, 2.45) is 0 Å². The Balaban J connectivity index is 2.45. The lowest BCUT2D eigenvalue weighted by atomic mass is 10.2. The number of nitrogens with zero attached hydrogens (tertiary/aromatic N) is 1. The fourth-order valence-electron chi connectivity index (χ4n) is 2.42. The van der Waals surface area contributed by atoms with E-state index in [0.29, 0.717) is 18.6 Å². The minimum Gasteiger partial charge on any atom is -0.477 e. The van der Waals surface area contributed by atoms with E-state index in [1.807, 2.05) is 6.92 Å². The van der Waals surface area contributed by atoms with Crippen LogP contribution < -0.4 is 0 Å². The number of hydrogen-bond acceptors (Lipinski definition) is 5. The van der Waals surface area contributed by atoms with E-state index in [2.05, 4.69) is 0 Å². The van der Waals surface area contributed by atoms with Crippen molar-refractivity contribution in [2.75, 3.05) is 13.7 Å². The second-order valence-corrected chi connectivity index (χ2v) is 7.65. The summed E-state index contributed by atoms with van der Waals surface area (Å²) < 4.78 is 32.0. The molecule has 1 fully saturated rings. The largest absolute Gasteiger partial charge is 0.477 e. The molecule has 0 spiro atoms. The van der Waals surface area contributed by atoms with Crippen molar-refractivity contribution >= 4 is 27.3 Å². The smallest absolute Gasteiger partial charge is 0.347 e. The molecular formula is C12H17NO5S2. The fourth-order valence-corrected chi connectivity index (χ4v) is 5.45. The van der Waals surface area contributed by atoms with Gasteiger partial charge < -0.3 is 9.84 Å². The van der Waals surface area contributed by atoms with Crippen molar-refractivity contribution in [3.63, 3.8) is 0 Å². The van der Waals surface area contributed by atoms with Gasteiger partial charge in [-0.05, 0) is 31.2 Å². The number of aryl methyl sites for hydroxylation is 1. The molecule has 0 aliphatic carbocycles. The highest BCUT2D eigenvalue weighted by Crippen LogP contribution is 2.32. The van der Waals surface area contributed by atoms with Gasteiger partial charge in [0, 0.05) is 13.7 Å². The Labute approximate surface area is 122 Å². The second kappa shape index (κ2) is 5.44. The van der Waals surface area contributed by atoms with Gasteiger partial charge in [0.15, 0.2) is 0 Å². The van der Waals surface area contributed by atoms with Crippen LogP contribution in [0.5, 0.6) is 0 Å². The van der Waals surface area contributed by atoms with E-state index in [9.17, 15) is 13.2 Å². The van der Waals surface area contributed by atoms with Crippen LogP contribution in [0.4, 0.5) is 0 Å². The van der Waals surface area contributed by atoms with Gasteiger partial charge >= 0.3 is 5.97 Å². The Morgan fingerprint density at radius 1 is 1.55 bits per heavy atom. The lowest BCUT2D eigenvalue weighted by Gasteiger charge is -2.26. The lowest BCUT2D eigenvalue weighted by Crippen LogP contribution is -2.41. The Morgan fingerprint density at radius 3 is 2.70 bits per heavy atom. The number of hydrogen-bond donors (Lipinski definition) is 1. The van der Waals surface area contributed by atoms with Crippen molar-refractivity contribution in [3.05, 3.63) is 15.8 Å². The molecule has 6 nitrogen and oxygen atoms in total. The number of carboxylic acid groups (broad SMARTS) is 1. The summed E-state index contributed by atoms with van der Waals surface area (Å²) in [6, 6.07) is -0.263. The first-order chi connectivity index (χ1) is 9.26. The van der Waals surface area contributed by atoms with Crippen LogP contribution in [0, 0.1) is 6.92 Å². The minimum atomic E-state index is -3.84. The second-order valence-electron chi connectivity index (χ2n) is 4.84. The summed E-state index contributed by atoms with van der Waals surface area (Å²) in [5.41, 5.74) is 0.464. The molecule has 1 saturated heterocycles. The average molecular weight is 319 g/mol. The number of likely N-dealkylation sites (N-methyl/N-ethyl adjacent to an activating group) is 1. The molecule has 1 aliphatic rings. The first-order valence-corrected chi connectivity index (χ1v) is 8.49. The molecule has 8 heteroatoms. The normalized spacial score (nSPS) is 23.4. The van der Waals surface area contributed by atoms with Gasteiger partial charge in [0.1, 0.15) is 9.77 Å². The van der Waals surface area contributed by atoms with E-state index in [1.54, 1.807) is 12.3 Å². The van der Waals surface area contributed by atoms with Crippen molar-refractivity contribution in [1.82, 2.24) is 4.31 Å². The monoisotopic (exact) mass is 319 g/mol. The van der Waals surface area contributed by atoms with E-state index in [-0.39, 0.29) is 21.9 Å². The quantitative estimate of drug-likeness (QED) is 0.910. The zero-order chi connectivity index (χ0) is 15.1. The van der Waals surface area contributed by atoms with Crippen LogP contribution in [0.3, 0.4) is 0 Å². The van der Waals surface area contributed by atoms with Gasteiger partial charge in [0.05, 0.1) is 12.1 Å². The molecule has 1 N–H and O–H groups in total. The zero-order valence-electron chi connectivity index (χ0n) is 11.5. The standard InChI is InChI=1S/C12H17NO5S2/c1-7-6-19-10(12(14)15)11(7)20(16,17)13(3)9-4-5-18-8(9)2/h6,8-9H,4-5H2,1-3H3,(H,14,15). The Kier molecular flexibility index (Phi) is 4.19. The van der Waals surface area contributed by atoms with E-state index < -0.39 is 16.0 Å². The van der Waals surface area contributed by atoms with Crippen LogP contribution in [0.15, 0.2) is 10.3 Å². The molecule has 20 heavy (non-hydrogen) atoms. The molecule has 1 aromatic rings. The lowest BCUT2D eigenvalue weighted by molar-refractivity contribution is 0.0698. The summed E-state index contributed by atoms with van der Waals surface area (Å²) in [7, 11) is -2.36. The highest BCUT2D eigenvalue weighted by Gasteiger charge is 2.38. The minimum absolute atomic E-state index is 0.100. The van der Waals surface area contributed by atoms with Gasteiger partial charge in [-0.25, -0.2) is 13.2 Å². The Hall–Kier alpha value is -0.960. The topological polar surface area (TPSA) is 83.9 Å². The number of carbonyl (C=O) groups is 1. The van der Waals surface area contributed by atoms with Gasteiger partial charge in [-0.2, -0.15) is 4.31 Å². The van der Waals surface area contributed by atoms with Crippen LogP contribution >= 0.6 is 11.3 Å². The molecule has 2 atom stereocenters. The van der Waals surface area contributed by atoms with Crippen molar-refractivity contribution in [2.45, 2.75) is 37.3 Å². The maximum absolute atomic E-state index is 12.7. The molecule has 0 bridgehead atoms. The van der Waals surface area contributed by atoms with E-state index in [4.69, 9.17) is 9.84 Å². The van der Waals surface area contributed by atoms with E-state index in [0.717, 1.165) is 11.3 Å². The average Bonchev–Trinajstić information content (AvgIpc) is 2.94. The highest BCUT2D eigenvalue weighted by atomic mass is 32.2. The SMILES string of the molecule is Cc1csc(C(=O)O)c1S(=O)(=O)N(C)C1CCOC1C. The molecule has 112 valence electrons. The van der Waals surface area contributed by atoms with Crippen LogP contribution in [0.2, 0.25) is 0 Å². The molecule has 1 aliphatic heterocycles. The summed E-state index contributed by atoms with van der Waals surface area (Å²) in [6.07, 6.45) is 0.421. The summed E-state index contributed by atoms with van der Waals surface area (Å²) in [6.45, 7) is 3.95. The van der Waals surface area contributed by atoms with E-state index >= 15 is 0 Å². The Bertz CT molecular complexity index is 622. The summed E-state index contributed by atoms with van der Waals surface area (Å²) in [5.74, 6) is -1.22. The number of rotatable bonds is 4. The van der Waals surface area contributed by atoms with Gasteiger partial charge in [-0.15, -0.1) is 11.3 Å². The van der Waals surface area contributed by atoms with Crippen molar-refractivity contribution in [3.8, 4) is 0 Å². The molecule has 2 heterocycles. The molecule has 0 amide bonds. The number of aromatic carboxylic acids is 1. The van der Waals surface area contributed by atoms with Gasteiger partial charge in [0.25, 0.3) is 0 Å². The van der Waals surface area contributed by atoms with Gasteiger partial charge in [-0.3, -0.25) is 0 Å². The Morgan fingerprint density at radius 2 is 2.20 bits per heavy atom. The highest BCUT2D eigenvalue weighted by molar-refractivity contribution is 7.89. The first kappa shape index (κ1) is 15.4. The number of ether oxygens (including phenoxy) is 1. The van der Waals surface area contributed by atoms with Crippen molar-refractivity contribution < 1.29 is 23.1 Å². The number of carboxylic acids is 1.